The van der Waals surface area contributed by atoms with Gasteiger partial charge in [0.15, 0.2) is 5.84 Å². The lowest BCUT2D eigenvalue weighted by molar-refractivity contribution is 0.0187. The minimum absolute atomic E-state index is 0.130. The summed E-state index contributed by atoms with van der Waals surface area (Å²) in [5.74, 6) is 0.280. The van der Waals surface area contributed by atoms with Crippen molar-refractivity contribution in [3.05, 3.63) is 23.8 Å². The molecular weight excluding hydrogens is 396 g/mol. The number of benzene rings is 1. The van der Waals surface area contributed by atoms with Crippen molar-refractivity contribution in [2.75, 3.05) is 17.9 Å². The first kappa shape index (κ1) is 22.8. The molecule has 0 radical (unpaired) electrons. The topological polar surface area (TPSA) is 123 Å². The number of likely N-dealkylation sites (tertiary alicyclic amines) is 1. The maximum absolute atomic E-state index is 12.4. The number of amidine groups is 1. The summed E-state index contributed by atoms with van der Waals surface area (Å²) in [4.78, 5) is 14.0. The van der Waals surface area contributed by atoms with Gasteiger partial charge in [0.1, 0.15) is 18.0 Å². The Kier molecular flexibility index (Phi) is 6.99. The standard InChI is InChI=1S/C17H24N4O5S.C2H6/c1-17(2,3)26-16(22)21-9-5-6-11(21)10-25-13-8-4-7-12-14(13)15(18)20-27(23,24)19-12;1-2/h4,7-8,11,19H,5-6,9-10H2,1-3H3,(H2,18,20);1-2H3. The van der Waals surface area contributed by atoms with Crippen LogP contribution in [0.3, 0.4) is 0 Å². The molecule has 0 aliphatic carbocycles. The number of carbonyl (C=O) groups is 1. The molecule has 29 heavy (non-hydrogen) atoms. The molecule has 2 heterocycles. The Morgan fingerprint density at radius 1 is 1.34 bits per heavy atom. The maximum Gasteiger partial charge on any atom is 0.410 e. The molecule has 1 unspecified atom stereocenters. The molecule has 1 saturated heterocycles. The van der Waals surface area contributed by atoms with Gasteiger partial charge in [0.2, 0.25) is 0 Å². The molecule has 1 fully saturated rings. The van der Waals surface area contributed by atoms with Crippen LogP contribution in [0.5, 0.6) is 5.75 Å². The van der Waals surface area contributed by atoms with Crippen LogP contribution in [-0.4, -0.2) is 50.0 Å². The highest BCUT2D eigenvalue weighted by atomic mass is 32.2. The van der Waals surface area contributed by atoms with Crippen molar-refractivity contribution in [3.8, 4) is 5.75 Å². The van der Waals surface area contributed by atoms with E-state index in [1.807, 2.05) is 34.6 Å². The summed E-state index contributed by atoms with van der Waals surface area (Å²) in [6, 6.07) is 4.81. The van der Waals surface area contributed by atoms with Gasteiger partial charge in [-0.2, -0.15) is 8.42 Å². The molecule has 1 amide bonds. The zero-order valence-corrected chi connectivity index (χ0v) is 18.4. The lowest BCUT2D eigenvalue weighted by Gasteiger charge is -2.29. The lowest BCUT2D eigenvalue weighted by Crippen LogP contribution is -2.42. The summed E-state index contributed by atoms with van der Waals surface area (Å²) in [5.41, 5.74) is 5.97. The normalized spacial score (nSPS) is 19.8. The average Bonchev–Trinajstić information content (AvgIpc) is 3.07. The van der Waals surface area contributed by atoms with Gasteiger partial charge in [-0.1, -0.05) is 19.9 Å². The van der Waals surface area contributed by atoms with E-state index in [0.29, 0.717) is 23.5 Å². The Morgan fingerprint density at radius 2 is 2.03 bits per heavy atom. The van der Waals surface area contributed by atoms with Crippen molar-refractivity contribution in [1.29, 1.82) is 0 Å². The molecule has 0 saturated carbocycles. The molecule has 9 nitrogen and oxygen atoms in total. The molecule has 10 heteroatoms. The van der Waals surface area contributed by atoms with Crippen molar-refractivity contribution in [2.45, 2.75) is 59.1 Å². The van der Waals surface area contributed by atoms with E-state index in [4.69, 9.17) is 15.2 Å². The number of ether oxygens (including phenoxy) is 2. The molecule has 3 N–H and O–H groups in total. The number of carbonyl (C=O) groups excluding carboxylic acids is 1. The van der Waals surface area contributed by atoms with Crippen LogP contribution in [0.2, 0.25) is 0 Å². The molecule has 1 aromatic rings. The zero-order chi connectivity index (χ0) is 21.8. The van der Waals surface area contributed by atoms with Gasteiger partial charge in [-0.05, 0) is 45.7 Å². The Hall–Kier alpha value is -2.49. The summed E-state index contributed by atoms with van der Waals surface area (Å²) in [6.45, 7) is 10.3. The summed E-state index contributed by atoms with van der Waals surface area (Å²) < 4.78 is 40.5. The molecule has 1 aromatic carbocycles. The van der Waals surface area contributed by atoms with E-state index < -0.39 is 15.8 Å². The predicted octanol–water partition coefficient (Wildman–Crippen LogP) is 2.87. The second-order valence-corrected chi connectivity index (χ2v) is 8.85. The Morgan fingerprint density at radius 3 is 2.69 bits per heavy atom. The maximum atomic E-state index is 12.4. The highest BCUT2D eigenvalue weighted by molar-refractivity contribution is 7.91. The second kappa shape index (κ2) is 8.89. The van der Waals surface area contributed by atoms with Gasteiger partial charge < -0.3 is 20.1 Å². The number of rotatable bonds is 3. The first-order valence-electron chi connectivity index (χ1n) is 9.70. The third kappa shape index (κ3) is 5.75. The highest BCUT2D eigenvalue weighted by Crippen LogP contribution is 2.31. The summed E-state index contributed by atoms with van der Waals surface area (Å²) in [6.07, 6.45) is 1.30. The summed E-state index contributed by atoms with van der Waals surface area (Å²) in [5, 5.41) is 0. The van der Waals surface area contributed by atoms with Crippen LogP contribution in [0, 0.1) is 0 Å². The number of amides is 1. The van der Waals surface area contributed by atoms with E-state index >= 15 is 0 Å². The number of anilines is 1. The molecule has 2 aliphatic heterocycles. The lowest BCUT2D eigenvalue weighted by atomic mass is 10.1. The number of nitrogens with one attached hydrogen (secondary N) is 1. The van der Waals surface area contributed by atoms with Crippen molar-refractivity contribution in [2.24, 2.45) is 10.1 Å². The minimum atomic E-state index is -3.84. The zero-order valence-electron chi connectivity index (χ0n) is 17.6. The Labute approximate surface area is 172 Å². The minimum Gasteiger partial charge on any atom is -0.491 e. The smallest absolute Gasteiger partial charge is 0.410 e. The van der Waals surface area contributed by atoms with E-state index in [9.17, 15) is 13.2 Å². The van der Waals surface area contributed by atoms with Gasteiger partial charge in [-0.3, -0.25) is 4.72 Å². The third-order valence-electron chi connectivity index (χ3n) is 4.18. The van der Waals surface area contributed by atoms with Crippen molar-refractivity contribution < 1.29 is 22.7 Å². The molecule has 0 aromatic heterocycles. The second-order valence-electron chi connectivity index (χ2n) is 7.51. The molecule has 162 valence electrons. The highest BCUT2D eigenvalue weighted by Gasteiger charge is 2.33. The largest absolute Gasteiger partial charge is 0.491 e. The Balaban J connectivity index is 0.00000145. The van der Waals surface area contributed by atoms with Crippen LogP contribution in [0.15, 0.2) is 22.6 Å². The molecule has 0 spiro atoms. The molecule has 0 bridgehead atoms. The summed E-state index contributed by atoms with van der Waals surface area (Å²) in [7, 11) is -3.84. The predicted molar refractivity (Wildman–Crippen MR) is 113 cm³/mol. The molecule has 1 atom stereocenters. The number of fused-ring (bicyclic) bond motifs is 1. The molecule has 2 aliphatic rings. The fraction of sp³-hybridized carbons (Fsp3) is 0.579. The first-order chi connectivity index (χ1) is 13.6. The van der Waals surface area contributed by atoms with Gasteiger partial charge in [0.05, 0.1) is 17.3 Å². The third-order valence-corrected chi connectivity index (χ3v) is 5.09. The van der Waals surface area contributed by atoms with Gasteiger partial charge in [0, 0.05) is 6.54 Å². The van der Waals surface area contributed by atoms with Crippen molar-refractivity contribution >= 4 is 27.8 Å². The summed E-state index contributed by atoms with van der Waals surface area (Å²) >= 11 is 0. The first-order valence-corrected chi connectivity index (χ1v) is 11.1. The monoisotopic (exact) mass is 426 g/mol. The fourth-order valence-electron chi connectivity index (χ4n) is 3.09. The number of hydrogen-bond donors (Lipinski definition) is 2. The SMILES string of the molecule is CC.CC(C)(C)OC(=O)N1CCCC1COc1cccc2c1C(N)=NS(=O)(=O)N2. The molecule has 3 rings (SSSR count). The van der Waals surface area contributed by atoms with Crippen LogP contribution < -0.4 is 15.2 Å². The Bertz CT molecular complexity index is 877. The fourth-order valence-corrected chi connectivity index (χ4v) is 3.94. The van der Waals surface area contributed by atoms with Crippen molar-refractivity contribution in [3.63, 3.8) is 0 Å². The number of nitrogens with two attached hydrogens (primary N) is 1. The van der Waals surface area contributed by atoms with E-state index in [2.05, 4.69) is 9.12 Å². The van der Waals surface area contributed by atoms with Gasteiger partial charge in [-0.25, -0.2) is 4.79 Å². The van der Waals surface area contributed by atoms with Crippen LogP contribution in [0.1, 0.15) is 53.0 Å². The number of hydrogen-bond acceptors (Lipinski definition) is 6. The van der Waals surface area contributed by atoms with Crippen LogP contribution in [0.25, 0.3) is 0 Å². The van der Waals surface area contributed by atoms with Gasteiger partial charge in [-0.15, -0.1) is 4.40 Å². The van der Waals surface area contributed by atoms with Crippen LogP contribution in [-0.2, 0) is 14.9 Å². The van der Waals surface area contributed by atoms with Crippen molar-refractivity contribution in [1.82, 2.24) is 4.90 Å². The number of nitrogens with zero attached hydrogens (tertiary/aromatic N) is 2. The van der Waals surface area contributed by atoms with E-state index in [0.717, 1.165) is 12.8 Å². The van der Waals surface area contributed by atoms with E-state index in [1.54, 1.807) is 23.1 Å². The average molecular weight is 427 g/mol. The quantitative estimate of drug-likeness (QED) is 0.766. The van der Waals surface area contributed by atoms with Gasteiger partial charge >= 0.3 is 16.3 Å². The van der Waals surface area contributed by atoms with Gasteiger partial charge in [0.25, 0.3) is 0 Å². The molecular formula is C19H30N4O5S. The van der Waals surface area contributed by atoms with E-state index in [1.165, 1.54) is 0 Å². The van der Waals surface area contributed by atoms with E-state index in [-0.39, 0.29) is 24.6 Å². The van der Waals surface area contributed by atoms with Crippen LogP contribution in [0.4, 0.5) is 10.5 Å². The van der Waals surface area contributed by atoms with Crippen LogP contribution >= 0.6 is 0 Å².